The van der Waals surface area contributed by atoms with Gasteiger partial charge >= 0.3 is 5.69 Å². The maximum Gasteiger partial charge on any atom is 0.330 e. The number of fused-ring (bicyclic) bond motifs is 1. The molecule has 0 fully saturated rings. The smallest absolute Gasteiger partial charge is 0.330 e. The fourth-order valence-corrected chi connectivity index (χ4v) is 5.00. The number of hydroxylamine groups is 2. The van der Waals surface area contributed by atoms with Gasteiger partial charge in [-0.05, 0) is 75.3 Å². The average Bonchev–Trinajstić information content (AvgIpc) is 2.94. The van der Waals surface area contributed by atoms with Gasteiger partial charge in [-0.1, -0.05) is 11.6 Å². The predicted octanol–water partition coefficient (Wildman–Crippen LogP) is 3.64. The number of allylic oxidation sites excluding steroid dienone is 3. The minimum Gasteiger partial charge on any atom is -0.368 e. The molecule has 3 heterocycles. The van der Waals surface area contributed by atoms with Gasteiger partial charge in [-0.15, -0.1) is 0 Å². The van der Waals surface area contributed by atoms with E-state index in [1.807, 2.05) is 13.8 Å². The number of hydrogen-bond acceptors (Lipinski definition) is 7. The Morgan fingerprint density at radius 2 is 1.81 bits per heavy atom. The number of nitrogens with two attached hydrogens (primary N) is 1. The van der Waals surface area contributed by atoms with Gasteiger partial charge in [0.1, 0.15) is 5.52 Å². The second kappa shape index (κ2) is 9.70. The van der Waals surface area contributed by atoms with Gasteiger partial charge in [0.05, 0.1) is 18.8 Å². The molecule has 2 aromatic rings. The third-order valence-corrected chi connectivity index (χ3v) is 7.87. The van der Waals surface area contributed by atoms with E-state index in [0.717, 1.165) is 14.7 Å². The highest BCUT2D eigenvalue weighted by atomic mass is 127. The summed E-state index contributed by atoms with van der Waals surface area (Å²) < 4.78 is 4.21. The number of aromatic nitrogens is 4. The van der Waals surface area contributed by atoms with E-state index in [-0.39, 0.29) is 23.3 Å². The van der Waals surface area contributed by atoms with Crippen LogP contribution in [-0.4, -0.2) is 59.4 Å². The van der Waals surface area contributed by atoms with Crippen LogP contribution in [0.1, 0.15) is 41.5 Å². The average molecular weight is 576 g/mol. The highest BCUT2D eigenvalue weighted by Crippen LogP contribution is 2.32. The van der Waals surface area contributed by atoms with E-state index in [1.54, 1.807) is 4.57 Å². The number of anilines is 1. The van der Waals surface area contributed by atoms with Crippen LogP contribution in [0.2, 0.25) is 5.15 Å². The standard InChI is InChI=1S/C21H31ClIN7O2/c1-11(2)27(12(3)4)7-8-28-17-18(22)25-20(24)26-19(17)29(21(28)31)10-15-14(6)16(23)13(5)9-30(15)32/h11-12,32H,7-10H2,1-6H3,(H2,24,25,26). The van der Waals surface area contributed by atoms with Crippen LogP contribution in [0.4, 0.5) is 5.95 Å². The van der Waals surface area contributed by atoms with Gasteiger partial charge in [0.15, 0.2) is 10.8 Å². The Hall–Kier alpha value is -1.63. The Bertz CT molecular complexity index is 1140. The molecular weight excluding hydrogens is 545 g/mol. The summed E-state index contributed by atoms with van der Waals surface area (Å²) in [5, 5.41) is 11.9. The Balaban J connectivity index is 2.12. The van der Waals surface area contributed by atoms with Crippen LogP contribution in [0.15, 0.2) is 25.2 Å². The molecule has 3 rings (SSSR count). The molecule has 1 aliphatic rings. The molecule has 0 radical (unpaired) electrons. The van der Waals surface area contributed by atoms with E-state index in [4.69, 9.17) is 17.3 Å². The molecule has 176 valence electrons. The highest BCUT2D eigenvalue weighted by Gasteiger charge is 2.25. The van der Waals surface area contributed by atoms with Crippen molar-refractivity contribution in [2.24, 2.45) is 0 Å². The summed E-state index contributed by atoms with van der Waals surface area (Å²) in [6.07, 6.45) is 0. The first-order valence-electron chi connectivity index (χ1n) is 10.6. The number of halogens is 2. The van der Waals surface area contributed by atoms with Crippen molar-refractivity contribution >= 4 is 51.3 Å². The summed E-state index contributed by atoms with van der Waals surface area (Å²) in [6, 6.07) is 0.660. The molecule has 0 spiro atoms. The molecule has 0 bridgehead atoms. The van der Waals surface area contributed by atoms with Crippen molar-refractivity contribution in [1.29, 1.82) is 0 Å². The molecule has 0 aromatic carbocycles. The highest BCUT2D eigenvalue weighted by molar-refractivity contribution is 14.1. The second-order valence-corrected chi connectivity index (χ2v) is 10.2. The summed E-state index contributed by atoms with van der Waals surface area (Å²) in [6.45, 7) is 14.1. The molecule has 0 unspecified atom stereocenters. The first-order chi connectivity index (χ1) is 14.9. The zero-order valence-electron chi connectivity index (χ0n) is 19.4. The van der Waals surface area contributed by atoms with Gasteiger partial charge < -0.3 is 5.73 Å². The lowest BCUT2D eigenvalue weighted by Gasteiger charge is -2.30. The van der Waals surface area contributed by atoms with Crippen LogP contribution in [0, 0.1) is 0 Å². The summed E-state index contributed by atoms with van der Waals surface area (Å²) in [4.78, 5) is 24.3. The quantitative estimate of drug-likeness (QED) is 0.384. The lowest BCUT2D eigenvalue weighted by atomic mass is 10.1. The molecule has 0 saturated heterocycles. The first-order valence-corrected chi connectivity index (χ1v) is 12.1. The van der Waals surface area contributed by atoms with Crippen molar-refractivity contribution in [1.82, 2.24) is 29.1 Å². The van der Waals surface area contributed by atoms with Crippen molar-refractivity contribution in [2.75, 3.05) is 18.8 Å². The molecule has 9 nitrogen and oxygen atoms in total. The topological polar surface area (TPSA) is 105 Å². The first kappa shape index (κ1) is 25.0. The van der Waals surface area contributed by atoms with Gasteiger partial charge in [0, 0.05) is 28.8 Å². The van der Waals surface area contributed by atoms with Crippen molar-refractivity contribution in [3.8, 4) is 0 Å². The van der Waals surface area contributed by atoms with Crippen molar-refractivity contribution in [2.45, 2.75) is 66.7 Å². The number of nitrogen functional groups attached to an aromatic ring is 1. The SMILES string of the molecule is CC1=C(I)C(C)=C(Cn2c(=O)n(CCN(C(C)C)C(C)C)c3c(Cl)nc(N)nc32)N(O)C1. The van der Waals surface area contributed by atoms with Crippen LogP contribution in [0.5, 0.6) is 0 Å². The third kappa shape index (κ3) is 4.68. The molecule has 0 amide bonds. The van der Waals surface area contributed by atoms with E-state index >= 15 is 0 Å². The zero-order valence-corrected chi connectivity index (χ0v) is 22.3. The van der Waals surface area contributed by atoms with E-state index in [0.29, 0.717) is 48.6 Å². The van der Waals surface area contributed by atoms with Crippen molar-refractivity contribution < 1.29 is 5.21 Å². The van der Waals surface area contributed by atoms with Gasteiger partial charge in [0.25, 0.3) is 0 Å². The number of nitrogens with zero attached hydrogens (tertiary/aromatic N) is 6. The van der Waals surface area contributed by atoms with E-state index < -0.39 is 0 Å². The lowest BCUT2D eigenvalue weighted by molar-refractivity contribution is -0.0534. The second-order valence-electron chi connectivity index (χ2n) is 8.71. The summed E-state index contributed by atoms with van der Waals surface area (Å²) in [7, 11) is 0. The maximum absolute atomic E-state index is 13.5. The molecule has 32 heavy (non-hydrogen) atoms. The van der Waals surface area contributed by atoms with Gasteiger partial charge in [-0.2, -0.15) is 9.97 Å². The van der Waals surface area contributed by atoms with Gasteiger partial charge in [-0.25, -0.2) is 4.79 Å². The molecular formula is C21H31ClIN7O2. The Morgan fingerprint density at radius 3 is 2.41 bits per heavy atom. The van der Waals surface area contributed by atoms with E-state index in [9.17, 15) is 10.0 Å². The Kier molecular flexibility index (Phi) is 7.58. The van der Waals surface area contributed by atoms with Crippen LogP contribution >= 0.6 is 34.2 Å². The number of rotatable bonds is 7. The summed E-state index contributed by atoms with van der Waals surface area (Å²) in [5.41, 5.74) is 9.05. The largest absolute Gasteiger partial charge is 0.368 e. The number of hydrogen-bond donors (Lipinski definition) is 2. The molecule has 0 aliphatic carbocycles. The Labute approximate surface area is 206 Å². The molecule has 3 N–H and O–H groups in total. The zero-order chi connectivity index (χ0) is 23.9. The minimum absolute atomic E-state index is 0.0000847. The molecule has 1 aliphatic heterocycles. The van der Waals surface area contributed by atoms with E-state index in [1.165, 1.54) is 9.63 Å². The van der Waals surface area contributed by atoms with Gasteiger partial charge in [0.2, 0.25) is 5.95 Å². The maximum atomic E-state index is 13.5. The van der Waals surface area contributed by atoms with Crippen molar-refractivity contribution in [3.05, 3.63) is 36.1 Å². The van der Waals surface area contributed by atoms with Crippen LogP contribution in [0.25, 0.3) is 11.2 Å². The fourth-order valence-electron chi connectivity index (χ4n) is 4.24. The van der Waals surface area contributed by atoms with Crippen LogP contribution in [-0.2, 0) is 13.1 Å². The van der Waals surface area contributed by atoms with Crippen LogP contribution in [0.3, 0.4) is 0 Å². The van der Waals surface area contributed by atoms with E-state index in [2.05, 4.69) is 65.2 Å². The third-order valence-electron chi connectivity index (χ3n) is 5.88. The molecule has 11 heteroatoms. The molecule has 0 saturated carbocycles. The summed E-state index contributed by atoms with van der Waals surface area (Å²) in [5.74, 6) is -0.0000847. The van der Waals surface area contributed by atoms with Crippen molar-refractivity contribution in [3.63, 3.8) is 0 Å². The molecule has 2 aromatic heterocycles. The fraction of sp³-hybridized carbons (Fsp3) is 0.571. The molecule has 0 atom stereocenters. The summed E-state index contributed by atoms with van der Waals surface area (Å²) >= 11 is 8.71. The minimum atomic E-state index is -0.260. The number of imidazole rings is 1. The predicted molar refractivity (Wildman–Crippen MR) is 136 cm³/mol. The van der Waals surface area contributed by atoms with Crippen LogP contribution < -0.4 is 11.4 Å². The monoisotopic (exact) mass is 575 g/mol. The Morgan fingerprint density at radius 1 is 1.19 bits per heavy atom. The lowest BCUT2D eigenvalue weighted by Crippen LogP contribution is -2.40. The van der Waals surface area contributed by atoms with Gasteiger partial charge in [-0.3, -0.25) is 24.3 Å². The normalized spacial score (nSPS) is 15.4.